The lowest BCUT2D eigenvalue weighted by Crippen LogP contribution is -1.97. The SMILES string of the molecule is CCCCCOc1cc(F)cc(Br)c1. The van der Waals surface area contributed by atoms with Crippen LogP contribution < -0.4 is 4.74 Å². The van der Waals surface area contributed by atoms with Crippen LogP contribution >= 0.6 is 15.9 Å². The fraction of sp³-hybridized carbons (Fsp3) is 0.455. The molecule has 0 fully saturated rings. The number of unbranched alkanes of at least 4 members (excludes halogenated alkanes) is 2. The molecule has 78 valence electrons. The molecule has 0 aliphatic rings. The second-order valence-electron chi connectivity index (χ2n) is 3.16. The van der Waals surface area contributed by atoms with Crippen LogP contribution in [0, 0.1) is 5.82 Å². The van der Waals surface area contributed by atoms with Crippen molar-refractivity contribution < 1.29 is 9.13 Å². The van der Waals surface area contributed by atoms with Gasteiger partial charge in [-0.1, -0.05) is 35.7 Å². The molecule has 0 atom stereocenters. The summed E-state index contributed by atoms with van der Waals surface area (Å²) in [6.07, 6.45) is 3.33. The summed E-state index contributed by atoms with van der Waals surface area (Å²) in [5.41, 5.74) is 0. The maximum atomic E-state index is 12.9. The van der Waals surface area contributed by atoms with E-state index in [1.54, 1.807) is 6.07 Å². The summed E-state index contributed by atoms with van der Waals surface area (Å²) in [5, 5.41) is 0. The highest BCUT2D eigenvalue weighted by molar-refractivity contribution is 9.10. The third kappa shape index (κ3) is 4.09. The minimum absolute atomic E-state index is 0.273. The molecule has 0 N–H and O–H groups in total. The van der Waals surface area contributed by atoms with Crippen molar-refractivity contribution in [2.75, 3.05) is 6.61 Å². The zero-order valence-corrected chi connectivity index (χ0v) is 9.81. The van der Waals surface area contributed by atoms with Crippen LogP contribution in [0.5, 0.6) is 5.75 Å². The van der Waals surface area contributed by atoms with Crippen LogP contribution in [0.1, 0.15) is 26.2 Å². The van der Waals surface area contributed by atoms with E-state index in [0.717, 1.165) is 19.3 Å². The van der Waals surface area contributed by atoms with Crippen molar-refractivity contribution in [3.8, 4) is 5.75 Å². The Hall–Kier alpha value is -0.570. The van der Waals surface area contributed by atoms with Gasteiger partial charge in [0.05, 0.1) is 6.61 Å². The average Bonchev–Trinajstić information content (AvgIpc) is 2.11. The summed E-state index contributed by atoms with van der Waals surface area (Å²) < 4.78 is 19.0. The average molecular weight is 261 g/mol. The van der Waals surface area contributed by atoms with E-state index in [2.05, 4.69) is 22.9 Å². The number of hydrogen-bond acceptors (Lipinski definition) is 1. The Morgan fingerprint density at radius 1 is 1.29 bits per heavy atom. The van der Waals surface area contributed by atoms with E-state index in [1.165, 1.54) is 12.1 Å². The molecule has 1 aromatic carbocycles. The Kier molecular flexibility index (Phi) is 4.94. The normalized spacial score (nSPS) is 10.2. The molecule has 0 bridgehead atoms. The van der Waals surface area contributed by atoms with Crippen LogP contribution in [0.25, 0.3) is 0 Å². The number of ether oxygens (including phenoxy) is 1. The van der Waals surface area contributed by atoms with Crippen LogP contribution in [-0.2, 0) is 0 Å². The molecule has 14 heavy (non-hydrogen) atoms. The molecule has 0 saturated heterocycles. The number of rotatable bonds is 5. The lowest BCUT2D eigenvalue weighted by Gasteiger charge is -2.05. The van der Waals surface area contributed by atoms with E-state index in [4.69, 9.17) is 4.74 Å². The highest BCUT2D eigenvalue weighted by Gasteiger charge is 1.99. The van der Waals surface area contributed by atoms with Crippen molar-refractivity contribution in [1.29, 1.82) is 0 Å². The Bertz CT molecular complexity index is 268. The van der Waals surface area contributed by atoms with E-state index in [1.807, 2.05) is 0 Å². The van der Waals surface area contributed by atoms with Gasteiger partial charge in [-0.05, 0) is 18.6 Å². The van der Waals surface area contributed by atoms with Crippen molar-refractivity contribution in [3.63, 3.8) is 0 Å². The van der Waals surface area contributed by atoms with Crippen molar-refractivity contribution in [2.24, 2.45) is 0 Å². The van der Waals surface area contributed by atoms with Crippen LogP contribution in [0.2, 0.25) is 0 Å². The molecule has 0 spiro atoms. The van der Waals surface area contributed by atoms with Crippen molar-refractivity contribution >= 4 is 15.9 Å². The lowest BCUT2D eigenvalue weighted by atomic mass is 10.3. The first-order chi connectivity index (χ1) is 6.72. The summed E-state index contributed by atoms with van der Waals surface area (Å²) in [6.45, 7) is 2.79. The molecular weight excluding hydrogens is 247 g/mol. The topological polar surface area (TPSA) is 9.23 Å². The number of hydrogen-bond donors (Lipinski definition) is 0. The van der Waals surface area contributed by atoms with Gasteiger partial charge in [0.1, 0.15) is 11.6 Å². The third-order valence-corrected chi connectivity index (χ3v) is 2.31. The summed E-state index contributed by atoms with van der Waals surface area (Å²) >= 11 is 3.22. The van der Waals surface area contributed by atoms with Crippen molar-refractivity contribution in [1.82, 2.24) is 0 Å². The van der Waals surface area contributed by atoms with Gasteiger partial charge in [-0.15, -0.1) is 0 Å². The van der Waals surface area contributed by atoms with Gasteiger partial charge in [0.15, 0.2) is 0 Å². The zero-order chi connectivity index (χ0) is 10.4. The number of halogens is 2. The predicted octanol–water partition coefficient (Wildman–Crippen LogP) is 4.16. The van der Waals surface area contributed by atoms with Crippen LogP contribution in [0.15, 0.2) is 22.7 Å². The third-order valence-electron chi connectivity index (χ3n) is 1.85. The summed E-state index contributed by atoms with van der Waals surface area (Å²) in [6, 6.07) is 4.59. The Morgan fingerprint density at radius 2 is 2.07 bits per heavy atom. The fourth-order valence-corrected chi connectivity index (χ4v) is 1.60. The summed E-state index contributed by atoms with van der Waals surface area (Å²) in [4.78, 5) is 0. The van der Waals surface area contributed by atoms with E-state index >= 15 is 0 Å². The van der Waals surface area contributed by atoms with Crippen LogP contribution in [0.4, 0.5) is 4.39 Å². The molecular formula is C11H14BrFO. The largest absolute Gasteiger partial charge is 0.493 e. The molecule has 0 aliphatic heterocycles. The van der Waals surface area contributed by atoms with E-state index in [0.29, 0.717) is 16.8 Å². The molecule has 0 unspecified atom stereocenters. The predicted molar refractivity (Wildman–Crippen MR) is 59.1 cm³/mol. The molecule has 1 rings (SSSR count). The van der Waals surface area contributed by atoms with Gasteiger partial charge in [0.2, 0.25) is 0 Å². The molecule has 0 aliphatic carbocycles. The Labute approximate surface area is 92.4 Å². The van der Waals surface area contributed by atoms with Crippen LogP contribution in [0.3, 0.4) is 0 Å². The summed E-state index contributed by atoms with van der Waals surface area (Å²) in [5.74, 6) is 0.317. The van der Waals surface area contributed by atoms with Gasteiger partial charge in [-0.25, -0.2) is 4.39 Å². The molecule has 3 heteroatoms. The molecule has 0 saturated carbocycles. The maximum absolute atomic E-state index is 12.9. The smallest absolute Gasteiger partial charge is 0.128 e. The van der Waals surface area contributed by atoms with Gasteiger partial charge in [0, 0.05) is 10.5 Å². The maximum Gasteiger partial charge on any atom is 0.128 e. The first-order valence-electron chi connectivity index (χ1n) is 4.81. The van der Waals surface area contributed by atoms with Crippen molar-refractivity contribution in [3.05, 3.63) is 28.5 Å². The summed E-state index contributed by atoms with van der Waals surface area (Å²) in [7, 11) is 0. The van der Waals surface area contributed by atoms with Crippen LogP contribution in [-0.4, -0.2) is 6.61 Å². The molecule has 0 aromatic heterocycles. The second kappa shape index (κ2) is 6.02. The molecule has 0 radical (unpaired) electrons. The minimum Gasteiger partial charge on any atom is -0.493 e. The zero-order valence-electron chi connectivity index (χ0n) is 8.22. The highest BCUT2D eigenvalue weighted by atomic mass is 79.9. The second-order valence-corrected chi connectivity index (χ2v) is 4.08. The molecule has 1 nitrogen and oxygen atoms in total. The molecule has 1 aromatic rings. The standard InChI is InChI=1S/C11H14BrFO/c1-2-3-4-5-14-11-7-9(12)6-10(13)8-11/h6-8H,2-5H2,1H3. The van der Waals surface area contributed by atoms with Crippen molar-refractivity contribution in [2.45, 2.75) is 26.2 Å². The van der Waals surface area contributed by atoms with Gasteiger partial charge < -0.3 is 4.74 Å². The van der Waals surface area contributed by atoms with Gasteiger partial charge in [0.25, 0.3) is 0 Å². The van der Waals surface area contributed by atoms with Gasteiger partial charge in [-0.3, -0.25) is 0 Å². The highest BCUT2D eigenvalue weighted by Crippen LogP contribution is 2.20. The fourth-order valence-electron chi connectivity index (χ4n) is 1.15. The van der Waals surface area contributed by atoms with E-state index in [-0.39, 0.29) is 5.82 Å². The minimum atomic E-state index is -0.273. The first-order valence-corrected chi connectivity index (χ1v) is 5.60. The molecule has 0 amide bonds. The quantitative estimate of drug-likeness (QED) is 0.723. The Morgan fingerprint density at radius 3 is 2.71 bits per heavy atom. The van der Waals surface area contributed by atoms with Gasteiger partial charge >= 0.3 is 0 Å². The molecule has 0 heterocycles. The Balaban J connectivity index is 2.42. The van der Waals surface area contributed by atoms with Gasteiger partial charge in [-0.2, -0.15) is 0 Å². The lowest BCUT2D eigenvalue weighted by molar-refractivity contribution is 0.304. The monoisotopic (exact) mass is 260 g/mol. The number of benzene rings is 1. The van der Waals surface area contributed by atoms with E-state index in [9.17, 15) is 4.39 Å². The van der Waals surface area contributed by atoms with E-state index < -0.39 is 0 Å². The first kappa shape index (κ1) is 11.5.